The molecule has 32 heavy (non-hydrogen) atoms. The molecule has 3 amide bonds. The highest BCUT2D eigenvalue weighted by atomic mass is 32.1. The number of ether oxygens (including phenoxy) is 1. The number of hydrogen-bond donors (Lipinski definition) is 1. The van der Waals surface area contributed by atoms with E-state index >= 15 is 0 Å². The molecular weight excluding hydrogens is 429 g/mol. The van der Waals surface area contributed by atoms with Gasteiger partial charge in [0, 0.05) is 24.5 Å². The van der Waals surface area contributed by atoms with E-state index in [2.05, 4.69) is 19.2 Å². The van der Waals surface area contributed by atoms with E-state index in [0.29, 0.717) is 31.3 Å². The van der Waals surface area contributed by atoms with Crippen molar-refractivity contribution in [3.63, 3.8) is 0 Å². The minimum Gasteiger partial charge on any atom is -0.491 e. The first kappa shape index (κ1) is 24.0. The number of hydrogen-bond acceptors (Lipinski definition) is 4. The second-order valence-corrected chi connectivity index (χ2v) is 9.15. The molecule has 6 nitrogen and oxygen atoms in total. The molecule has 174 valence electrons. The first-order valence-electron chi connectivity index (χ1n) is 11.2. The number of benzene rings is 1. The topological polar surface area (TPSA) is 61.9 Å². The molecule has 1 aromatic carbocycles. The molecule has 2 aromatic rings. The van der Waals surface area contributed by atoms with Crippen LogP contribution in [-0.2, 0) is 11.2 Å². The van der Waals surface area contributed by atoms with Crippen molar-refractivity contribution in [1.82, 2.24) is 15.1 Å². The summed E-state index contributed by atoms with van der Waals surface area (Å²) < 4.78 is 19.1. The summed E-state index contributed by atoms with van der Waals surface area (Å²) >= 11 is 1.69. The van der Waals surface area contributed by atoms with Crippen molar-refractivity contribution < 1.29 is 18.7 Å². The molecule has 0 radical (unpaired) electrons. The summed E-state index contributed by atoms with van der Waals surface area (Å²) in [6, 6.07) is 7.46. The SMILES string of the molecule is CCNC(=O)N(CC(=O)N1CCc2sccc2[C@@H]1COc1ccc(F)cc1)C[C@@H](C)CC. The Hall–Kier alpha value is -2.61. The first-order chi connectivity index (χ1) is 15.4. The van der Waals surface area contributed by atoms with Crippen molar-refractivity contribution in [3.05, 3.63) is 52.0 Å². The number of carbonyl (C=O) groups excluding carboxylic acids is 2. The number of halogens is 1. The fraction of sp³-hybridized carbons (Fsp3) is 0.500. The van der Waals surface area contributed by atoms with Crippen LogP contribution in [0, 0.1) is 11.7 Å². The summed E-state index contributed by atoms with van der Waals surface area (Å²) in [6.07, 6.45) is 1.72. The van der Waals surface area contributed by atoms with Crippen LogP contribution in [0.5, 0.6) is 5.75 Å². The minimum atomic E-state index is -0.321. The van der Waals surface area contributed by atoms with Gasteiger partial charge in [-0.15, -0.1) is 11.3 Å². The van der Waals surface area contributed by atoms with Crippen molar-refractivity contribution >= 4 is 23.3 Å². The molecule has 0 fully saturated rings. The van der Waals surface area contributed by atoms with Crippen LogP contribution in [0.15, 0.2) is 35.7 Å². The van der Waals surface area contributed by atoms with Gasteiger partial charge in [-0.3, -0.25) is 4.79 Å². The minimum absolute atomic E-state index is 0.0304. The quantitative estimate of drug-likeness (QED) is 0.599. The number of rotatable bonds is 9. The third kappa shape index (κ3) is 6.00. The average molecular weight is 462 g/mol. The van der Waals surface area contributed by atoms with Crippen molar-refractivity contribution in [1.29, 1.82) is 0 Å². The van der Waals surface area contributed by atoms with Crippen LogP contribution < -0.4 is 10.1 Å². The van der Waals surface area contributed by atoms with Crippen LogP contribution in [0.4, 0.5) is 9.18 Å². The van der Waals surface area contributed by atoms with Gasteiger partial charge in [0.1, 0.15) is 24.7 Å². The second kappa shape index (κ2) is 11.3. The zero-order valence-corrected chi connectivity index (χ0v) is 19.8. The van der Waals surface area contributed by atoms with Gasteiger partial charge in [0.15, 0.2) is 0 Å². The fourth-order valence-electron chi connectivity index (χ4n) is 3.82. The van der Waals surface area contributed by atoms with Gasteiger partial charge in [-0.05, 0) is 60.5 Å². The smallest absolute Gasteiger partial charge is 0.317 e. The number of amides is 3. The highest BCUT2D eigenvalue weighted by Crippen LogP contribution is 2.34. The van der Waals surface area contributed by atoms with Crippen LogP contribution >= 0.6 is 11.3 Å². The molecule has 1 aliphatic heterocycles. The van der Waals surface area contributed by atoms with Gasteiger partial charge in [-0.2, -0.15) is 0 Å². The lowest BCUT2D eigenvalue weighted by Gasteiger charge is -2.37. The molecule has 0 unspecified atom stereocenters. The lowest BCUT2D eigenvalue weighted by atomic mass is 10.00. The van der Waals surface area contributed by atoms with Crippen LogP contribution in [-0.4, -0.2) is 54.5 Å². The lowest BCUT2D eigenvalue weighted by molar-refractivity contribution is -0.135. The van der Waals surface area contributed by atoms with Gasteiger partial charge in [0.2, 0.25) is 5.91 Å². The largest absolute Gasteiger partial charge is 0.491 e. The Morgan fingerprint density at radius 3 is 2.72 bits per heavy atom. The standard InChI is InChI=1S/C24H32FN3O3S/c1-4-17(3)14-27(24(30)26-5-2)15-23(29)28-12-10-22-20(11-13-32-22)21(28)16-31-19-8-6-18(25)7-9-19/h6-9,11,13,17,21H,4-5,10,12,14-16H2,1-3H3,(H,26,30)/t17-,21-/m0/s1. The molecule has 0 saturated carbocycles. The number of urea groups is 1. The number of nitrogens with one attached hydrogen (secondary N) is 1. The Balaban J connectivity index is 1.75. The summed E-state index contributed by atoms with van der Waals surface area (Å²) in [7, 11) is 0. The summed E-state index contributed by atoms with van der Waals surface area (Å²) in [5.41, 5.74) is 1.09. The molecule has 1 aromatic heterocycles. The van der Waals surface area contributed by atoms with E-state index in [0.717, 1.165) is 18.4 Å². The molecule has 2 atom stereocenters. The lowest BCUT2D eigenvalue weighted by Crippen LogP contribution is -2.50. The summed E-state index contributed by atoms with van der Waals surface area (Å²) in [5.74, 6) is 0.442. The van der Waals surface area contributed by atoms with Crippen molar-refractivity contribution in [2.45, 2.75) is 39.7 Å². The maximum Gasteiger partial charge on any atom is 0.317 e. The van der Waals surface area contributed by atoms with E-state index in [-0.39, 0.29) is 36.9 Å². The van der Waals surface area contributed by atoms with E-state index in [9.17, 15) is 14.0 Å². The summed E-state index contributed by atoms with van der Waals surface area (Å²) in [5, 5.41) is 4.86. The third-order valence-electron chi connectivity index (χ3n) is 5.81. The third-order valence-corrected chi connectivity index (χ3v) is 6.80. The molecule has 3 rings (SSSR count). The molecule has 8 heteroatoms. The second-order valence-electron chi connectivity index (χ2n) is 8.15. The van der Waals surface area contributed by atoms with Gasteiger partial charge in [-0.1, -0.05) is 20.3 Å². The van der Waals surface area contributed by atoms with Crippen molar-refractivity contribution in [2.75, 3.05) is 32.8 Å². The molecule has 2 heterocycles. The Bertz CT molecular complexity index is 902. The van der Waals surface area contributed by atoms with Gasteiger partial charge < -0.3 is 19.9 Å². The van der Waals surface area contributed by atoms with Gasteiger partial charge >= 0.3 is 6.03 Å². The zero-order valence-electron chi connectivity index (χ0n) is 19.0. The predicted octanol–water partition coefficient (Wildman–Crippen LogP) is 4.47. The van der Waals surface area contributed by atoms with E-state index in [4.69, 9.17) is 4.74 Å². The molecule has 1 N–H and O–H groups in total. The van der Waals surface area contributed by atoms with E-state index in [1.165, 1.54) is 17.0 Å². The number of thiophene rings is 1. The van der Waals surface area contributed by atoms with Crippen LogP contribution in [0.3, 0.4) is 0 Å². The number of nitrogens with zero attached hydrogens (tertiary/aromatic N) is 2. The molecule has 0 bridgehead atoms. The van der Waals surface area contributed by atoms with E-state index in [1.54, 1.807) is 28.4 Å². The van der Waals surface area contributed by atoms with Gasteiger partial charge in [0.25, 0.3) is 0 Å². The van der Waals surface area contributed by atoms with Crippen LogP contribution in [0.2, 0.25) is 0 Å². The van der Waals surface area contributed by atoms with E-state index in [1.807, 2.05) is 23.3 Å². The maximum absolute atomic E-state index is 13.4. The summed E-state index contributed by atoms with van der Waals surface area (Å²) in [6.45, 7) is 7.95. The Morgan fingerprint density at radius 1 is 1.28 bits per heavy atom. The zero-order chi connectivity index (χ0) is 23.1. The number of carbonyl (C=O) groups is 2. The summed E-state index contributed by atoms with van der Waals surface area (Å²) in [4.78, 5) is 30.7. The highest BCUT2D eigenvalue weighted by molar-refractivity contribution is 7.10. The van der Waals surface area contributed by atoms with Crippen molar-refractivity contribution in [3.8, 4) is 5.75 Å². The molecular formula is C24H32FN3O3S. The maximum atomic E-state index is 13.4. The average Bonchev–Trinajstić information content (AvgIpc) is 3.27. The monoisotopic (exact) mass is 461 g/mol. The Kier molecular flexibility index (Phi) is 8.50. The molecule has 0 spiro atoms. The van der Waals surface area contributed by atoms with E-state index < -0.39 is 0 Å². The van der Waals surface area contributed by atoms with Crippen molar-refractivity contribution in [2.24, 2.45) is 5.92 Å². The van der Waals surface area contributed by atoms with Crippen LogP contribution in [0.1, 0.15) is 43.7 Å². The van der Waals surface area contributed by atoms with Gasteiger partial charge in [0.05, 0.1) is 6.04 Å². The predicted molar refractivity (Wildman–Crippen MR) is 124 cm³/mol. The Morgan fingerprint density at radius 2 is 2.03 bits per heavy atom. The number of fused-ring (bicyclic) bond motifs is 1. The van der Waals surface area contributed by atoms with Gasteiger partial charge in [-0.25, -0.2) is 9.18 Å². The fourth-order valence-corrected chi connectivity index (χ4v) is 4.75. The Labute approximate surface area is 193 Å². The molecule has 1 aliphatic rings. The first-order valence-corrected chi connectivity index (χ1v) is 12.1. The highest BCUT2D eigenvalue weighted by Gasteiger charge is 2.33. The normalized spacial score (nSPS) is 16.2. The molecule has 0 saturated heterocycles. The van der Waals surface area contributed by atoms with Crippen LogP contribution in [0.25, 0.3) is 0 Å². The molecule has 0 aliphatic carbocycles.